The van der Waals surface area contributed by atoms with Crippen molar-refractivity contribution in [2.24, 2.45) is 5.73 Å². The van der Waals surface area contributed by atoms with Crippen molar-refractivity contribution in [1.29, 1.82) is 0 Å². The first-order valence-electron chi connectivity index (χ1n) is 5.23. The minimum absolute atomic E-state index is 0. The van der Waals surface area contributed by atoms with E-state index in [4.69, 9.17) is 5.73 Å². The van der Waals surface area contributed by atoms with E-state index in [-0.39, 0.29) is 24.4 Å². The summed E-state index contributed by atoms with van der Waals surface area (Å²) in [6.07, 6.45) is -5.64. The largest absolute Gasteiger partial charge is 0.573 e. The van der Waals surface area contributed by atoms with Gasteiger partial charge in [-0.25, -0.2) is 4.39 Å². The summed E-state index contributed by atoms with van der Waals surface area (Å²) < 4.78 is 53.1. The zero-order valence-electron chi connectivity index (χ0n) is 9.95. The molecule has 2 atom stereocenters. The van der Waals surface area contributed by atoms with Crippen LogP contribution in [0.5, 0.6) is 5.75 Å². The molecule has 1 rings (SSSR count). The third-order valence-electron chi connectivity index (χ3n) is 2.39. The molecule has 3 N–H and O–H groups in total. The van der Waals surface area contributed by atoms with Gasteiger partial charge < -0.3 is 15.6 Å². The number of hydrogen-bond acceptors (Lipinski definition) is 3. The van der Waals surface area contributed by atoms with Crippen molar-refractivity contribution < 1.29 is 27.4 Å². The van der Waals surface area contributed by atoms with Crippen LogP contribution in [0.4, 0.5) is 17.6 Å². The lowest BCUT2D eigenvalue weighted by Crippen LogP contribution is -2.26. The van der Waals surface area contributed by atoms with E-state index in [0.29, 0.717) is 0 Å². The average molecular weight is 304 g/mol. The number of benzene rings is 1. The van der Waals surface area contributed by atoms with Gasteiger partial charge in [0.25, 0.3) is 0 Å². The van der Waals surface area contributed by atoms with Gasteiger partial charge in [-0.3, -0.25) is 0 Å². The molecular weight excluding hydrogens is 290 g/mol. The highest BCUT2D eigenvalue weighted by Gasteiger charge is 2.31. The second kappa shape index (κ2) is 6.93. The first-order chi connectivity index (χ1) is 8.24. The van der Waals surface area contributed by atoms with Crippen LogP contribution in [0, 0.1) is 5.82 Å². The van der Waals surface area contributed by atoms with E-state index in [1.54, 1.807) is 6.92 Å². The monoisotopic (exact) mass is 303 g/mol. The van der Waals surface area contributed by atoms with Crippen LogP contribution in [-0.4, -0.2) is 17.6 Å². The minimum Gasteiger partial charge on any atom is -0.406 e. The van der Waals surface area contributed by atoms with Crippen LogP contribution in [0.1, 0.15) is 24.9 Å². The zero-order valence-corrected chi connectivity index (χ0v) is 10.8. The Balaban J connectivity index is 0.00000324. The molecule has 110 valence electrons. The lowest BCUT2D eigenvalue weighted by atomic mass is 10.00. The van der Waals surface area contributed by atoms with Crippen molar-refractivity contribution in [3.05, 3.63) is 29.6 Å². The Morgan fingerprint density at radius 1 is 1.37 bits per heavy atom. The quantitative estimate of drug-likeness (QED) is 0.841. The smallest absolute Gasteiger partial charge is 0.406 e. The van der Waals surface area contributed by atoms with Crippen molar-refractivity contribution in [1.82, 2.24) is 0 Å². The van der Waals surface area contributed by atoms with Gasteiger partial charge in [0, 0.05) is 5.56 Å². The van der Waals surface area contributed by atoms with Gasteiger partial charge in [0.2, 0.25) is 0 Å². The molecule has 0 radical (unpaired) electrons. The SMILES string of the molecule is CC[C@H](O)[C@H](N)c1cc(OC(F)(F)F)ccc1F.Cl. The molecule has 0 fully saturated rings. The summed E-state index contributed by atoms with van der Waals surface area (Å²) in [5, 5.41) is 9.47. The fraction of sp³-hybridized carbons (Fsp3) is 0.455. The molecule has 0 aromatic heterocycles. The molecule has 1 aromatic carbocycles. The van der Waals surface area contributed by atoms with Gasteiger partial charge in [-0.15, -0.1) is 25.6 Å². The minimum atomic E-state index is -4.86. The number of nitrogens with two attached hydrogens (primary N) is 1. The Labute approximate surface area is 113 Å². The van der Waals surface area contributed by atoms with Crippen molar-refractivity contribution in [2.45, 2.75) is 31.9 Å². The molecule has 0 aliphatic rings. The van der Waals surface area contributed by atoms with E-state index in [1.807, 2.05) is 0 Å². The van der Waals surface area contributed by atoms with Crippen molar-refractivity contribution in [3.63, 3.8) is 0 Å². The lowest BCUT2D eigenvalue weighted by Gasteiger charge is -2.19. The van der Waals surface area contributed by atoms with E-state index < -0.39 is 30.1 Å². The highest BCUT2D eigenvalue weighted by molar-refractivity contribution is 5.85. The number of halogens is 5. The zero-order chi connectivity index (χ0) is 13.9. The molecular formula is C11H14ClF4NO2. The Morgan fingerprint density at radius 3 is 2.42 bits per heavy atom. The normalized spacial score (nSPS) is 14.5. The Hall–Kier alpha value is -1.05. The van der Waals surface area contributed by atoms with Crippen LogP contribution in [-0.2, 0) is 0 Å². The Kier molecular flexibility index (Phi) is 6.54. The van der Waals surface area contributed by atoms with Gasteiger partial charge in [0.15, 0.2) is 0 Å². The standard InChI is InChI=1S/C11H13F4NO2.ClH/c1-2-9(17)10(16)7-5-6(3-4-8(7)12)18-11(13,14)15;/h3-5,9-10,17H,2,16H2,1H3;1H/t9-,10+;/m0./s1. The van der Waals surface area contributed by atoms with E-state index in [1.165, 1.54) is 0 Å². The van der Waals surface area contributed by atoms with Gasteiger partial charge in [-0.2, -0.15) is 0 Å². The maximum atomic E-state index is 13.4. The summed E-state index contributed by atoms with van der Waals surface area (Å²) in [4.78, 5) is 0. The lowest BCUT2D eigenvalue weighted by molar-refractivity contribution is -0.274. The molecule has 0 heterocycles. The Morgan fingerprint density at radius 2 is 1.95 bits per heavy atom. The number of aliphatic hydroxyl groups is 1. The third-order valence-corrected chi connectivity index (χ3v) is 2.39. The van der Waals surface area contributed by atoms with Crippen molar-refractivity contribution in [2.75, 3.05) is 0 Å². The van der Waals surface area contributed by atoms with Gasteiger partial charge in [0.1, 0.15) is 11.6 Å². The maximum absolute atomic E-state index is 13.4. The molecule has 1 aromatic rings. The molecule has 0 aliphatic heterocycles. The fourth-order valence-electron chi connectivity index (χ4n) is 1.44. The molecule has 3 nitrogen and oxygen atoms in total. The van der Waals surface area contributed by atoms with Crippen molar-refractivity contribution >= 4 is 12.4 Å². The third kappa shape index (κ3) is 5.22. The van der Waals surface area contributed by atoms with Crippen LogP contribution in [0.15, 0.2) is 18.2 Å². The van der Waals surface area contributed by atoms with Crippen molar-refractivity contribution in [3.8, 4) is 5.75 Å². The molecule has 0 saturated carbocycles. The van der Waals surface area contributed by atoms with E-state index in [9.17, 15) is 22.7 Å². The Bertz CT molecular complexity index is 414. The second-order valence-electron chi connectivity index (χ2n) is 3.73. The molecule has 0 spiro atoms. The average Bonchev–Trinajstić information content (AvgIpc) is 2.28. The van der Waals surface area contributed by atoms with Gasteiger partial charge in [-0.1, -0.05) is 6.92 Å². The summed E-state index contributed by atoms with van der Waals surface area (Å²) >= 11 is 0. The fourth-order valence-corrected chi connectivity index (χ4v) is 1.44. The first-order valence-corrected chi connectivity index (χ1v) is 5.23. The highest BCUT2D eigenvalue weighted by atomic mass is 35.5. The molecule has 0 amide bonds. The molecule has 0 bridgehead atoms. The van der Waals surface area contributed by atoms with Crippen LogP contribution < -0.4 is 10.5 Å². The topological polar surface area (TPSA) is 55.5 Å². The van der Waals surface area contributed by atoms with E-state index in [0.717, 1.165) is 18.2 Å². The van der Waals surface area contributed by atoms with Crippen LogP contribution in [0.25, 0.3) is 0 Å². The summed E-state index contributed by atoms with van der Waals surface area (Å²) in [6, 6.07) is 1.40. The molecule has 8 heteroatoms. The number of hydrogen-bond donors (Lipinski definition) is 2. The van der Waals surface area contributed by atoms with Gasteiger partial charge in [-0.05, 0) is 24.6 Å². The highest BCUT2D eigenvalue weighted by Crippen LogP contribution is 2.28. The first kappa shape index (κ1) is 17.9. The van der Waals surface area contributed by atoms with Crippen LogP contribution in [0.2, 0.25) is 0 Å². The number of rotatable bonds is 4. The van der Waals surface area contributed by atoms with Gasteiger partial charge in [0.05, 0.1) is 12.1 Å². The van der Waals surface area contributed by atoms with Crippen LogP contribution >= 0.6 is 12.4 Å². The number of alkyl halides is 3. The van der Waals surface area contributed by atoms with E-state index in [2.05, 4.69) is 4.74 Å². The van der Waals surface area contributed by atoms with E-state index >= 15 is 0 Å². The molecule has 19 heavy (non-hydrogen) atoms. The summed E-state index contributed by atoms with van der Waals surface area (Å²) in [7, 11) is 0. The molecule has 0 aliphatic carbocycles. The number of aliphatic hydroxyl groups excluding tert-OH is 1. The molecule has 0 saturated heterocycles. The summed E-state index contributed by atoms with van der Waals surface area (Å²) in [6.45, 7) is 1.62. The van der Waals surface area contributed by atoms with Gasteiger partial charge >= 0.3 is 6.36 Å². The summed E-state index contributed by atoms with van der Waals surface area (Å²) in [5.74, 6) is -1.36. The predicted molar refractivity (Wildman–Crippen MR) is 63.6 cm³/mol. The second-order valence-corrected chi connectivity index (χ2v) is 3.73. The molecule has 0 unspecified atom stereocenters. The summed E-state index contributed by atoms with van der Waals surface area (Å²) in [5.41, 5.74) is 5.34. The maximum Gasteiger partial charge on any atom is 0.573 e. The predicted octanol–water partition coefficient (Wildman–Crippen LogP) is 2.92. The number of ether oxygens (including phenoxy) is 1. The van der Waals surface area contributed by atoms with Crippen LogP contribution in [0.3, 0.4) is 0 Å².